The van der Waals surface area contributed by atoms with Gasteiger partial charge >= 0.3 is 0 Å². The third-order valence-corrected chi connectivity index (χ3v) is 4.53. The quantitative estimate of drug-likeness (QED) is 0.726. The van der Waals surface area contributed by atoms with E-state index in [0.29, 0.717) is 11.4 Å². The minimum absolute atomic E-state index is 0.0690. The molecule has 0 fully saturated rings. The number of alkyl halides is 1. The number of halogens is 1. The van der Waals surface area contributed by atoms with Gasteiger partial charge in [0, 0.05) is 0 Å². The lowest BCUT2D eigenvalue weighted by Gasteiger charge is -2.12. The number of para-hydroxylation sites is 2. The number of sulfonamides is 1. The molecule has 3 N–H and O–H groups in total. The van der Waals surface area contributed by atoms with E-state index in [2.05, 4.69) is 20.7 Å². The zero-order valence-electron chi connectivity index (χ0n) is 9.43. The second-order valence-corrected chi connectivity index (χ2v) is 6.41. The van der Waals surface area contributed by atoms with Gasteiger partial charge in [-0.1, -0.05) is 28.1 Å². The van der Waals surface area contributed by atoms with E-state index in [9.17, 15) is 13.2 Å². The summed E-state index contributed by atoms with van der Waals surface area (Å²) in [4.78, 5) is 10.6. The zero-order chi connectivity index (χ0) is 13.6. The Morgan fingerprint density at radius 3 is 2.67 bits per heavy atom. The molecule has 0 aliphatic carbocycles. The van der Waals surface area contributed by atoms with E-state index in [1.807, 2.05) is 0 Å². The van der Waals surface area contributed by atoms with Gasteiger partial charge in [0.05, 0.1) is 18.7 Å². The number of nitrogens with one attached hydrogen (secondary N) is 1. The number of hydrogen-bond donors (Lipinski definition) is 2. The Morgan fingerprint density at radius 1 is 1.39 bits per heavy atom. The number of ether oxygens (including phenoxy) is 1. The maximum Gasteiger partial charge on any atom is 0.242 e. The van der Waals surface area contributed by atoms with E-state index in [1.54, 1.807) is 24.3 Å². The second-order valence-electron chi connectivity index (χ2n) is 3.39. The number of benzene rings is 1. The predicted octanol–water partition coefficient (Wildman–Crippen LogP) is 1.03. The van der Waals surface area contributed by atoms with Crippen molar-refractivity contribution >= 4 is 37.5 Å². The first-order valence-electron chi connectivity index (χ1n) is 5.01. The molecular formula is C10H13BrN2O4S. The molecule has 1 rings (SSSR count). The summed E-state index contributed by atoms with van der Waals surface area (Å²) in [5, 5.41) is 0. The average molecular weight is 337 g/mol. The van der Waals surface area contributed by atoms with Crippen molar-refractivity contribution in [3.05, 3.63) is 24.3 Å². The lowest BCUT2D eigenvalue weighted by molar-refractivity contribution is -0.118. The van der Waals surface area contributed by atoms with Crippen molar-refractivity contribution in [2.45, 2.75) is 6.42 Å². The SMILES string of the molecule is NC(=O)CCOc1ccccc1NS(=O)(=O)CBr. The first-order chi connectivity index (χ1) is 8.44. The molecule has 8 heteroatoms. The fourth-order valence-corrected chi connectivity index (χ4v) is 2.03. The molecule has 0 unspecified atom stereocenters. The summed E-state index contributed by atoms with van der Waals surface area (Å²) in [6.07, 6.45) is 0.0690. The van der Waals surface area contributed by atoms with Crippen LogP contribution in [0, 0.1) is 0 Å². The van der Waals surface area contributed by atoms with Gasteiger partial charge in [-0.15, -0.1) is 0 Å². The van der Waals surface area contributed by atoms with Crippen LogP contribution in [-0.2, 0) is 14.8 Å². The number of carbonyl (C=O) groups excluding carboxylic acids is 1. The number of amides is 1. The van der Waals surface area contributed by atoms with Crippen LogP contribution in [0.25, 0.3) is 0 Å². The Bertz CT molecular complexity index is 518. The van der Waals surface area contributed by atoms with Crippen molar-refractivity contribution in [1.29, 1.82) is 0 Å². The third-order valence-electron chi connectivity index (χ3n) is 1.90. The summed E-state index contributed by atoms with van der Waals surface area (Å²) in [6.45, 7) is 0.0996. The largest absolute Gasteiger partial charge is 0.491 e. The van der Waals surface area contributed by atoms with E-state index in [-0.39, 0.29) is 17.7 Å². The Hall–Kier alpha value is -1.28. The van der Waals surface area contributed by atoms with Gasteiger partial charge in [0.1, 0.15) is 10.4 Å². The number of nitrogens with two attached hydrogens (primary N) is 1. The fourth-order valence-electron chi connectivity index (χ4n) is 1.13. The van der Waals surface area contributed by atoms with Gasteiger partial charge in [-0.3, -0.25) is 9.52 Å². The summed E-state index contributed by atoms with van der Waals surface area (Å²) in [6, 6.07) is 6.55. The van der Waals surface area contributed by atoms with Crippen LogP contribution < -0.4 is 15.2 Å². The normalized spacial score (nSPS) is 10.9. The molecule has 0 radical (unpaired) electrons. The van der Waals surface area contributed by atoms with Crippen LogP contribution >= 0.6 is 15.9 Å². The van der Waals surface area contributed by atoms with Gasteiger partial charge in [0.15, 0.2) is 0 Å². The molecule has 18 heavy (non-hydrogen) atoms. The van der Waals surface area contributed by atoms with Crippen molar-refractivity contribution in [2.75, 3.05) is 16.0 Å². The van der Waals surface area contributed by atoms with Gasteiger partial charge in [-0.05, 0) is 12.1 Å². The molecule has 0 aliphatic heterocycles. The zero-order valence-corrected chi connectivity index (χ0v) is 11.8. The summed E-state index contributed by atoms with van der Waals surface area (Å²) >= 11 is 2.87. The van der Waals surface area contributed by atoms with E-state index in [0.717, 1.165) is 0 Å². The molecule has 6 nitrogen and oxygen atoms in total. The number of hydrogen-bond acceptors (Lipinski definition) is 4. The van der Waals surface area contributed by atoms with E-state index < -0.39 is 15.9 Å². The van der Waals surface area contributed by atoms with Gasteiger partial charge in [0.2, 0.25) is 15.9 Å². The van der Waals surface area contributed by atoms with Crippen LogP contribution in [0.3, 0.4) is 0 Å². The van der Waals surface area contributed by atoms with Crippen LogP contribution in [-0.4, -0.2) is 25.6 Å². The van der Waals surface area contributed by atoms with Crippen LogP contribution in [0.2, 0.25) is 0 Å². The van der Waals surface area contributed by atoms with E-state index >= 15 is 0 Å². The van der Waals surface area contributed by atoms with Crippen molar-refractivity contribution in [3.63, 3.8) is 0 Å². The average Bonchev–Trinajstić information content (AvgIpc) is 2.30. The number of primary amides is 1. The maximum atomic E-state index is 11.4. The molecule has 100 valence electrons. The van der Waals surface area contributed by atoms with Gasteiger partial charge in [0.25, 0.3) is 0 Å². The summed E-state index contributed by atoms with van der Waals surface area (Å²) in [5.41, 5.74) is 5.30. The summed E-state index contributed by atoms with van der Waals surface area (Å²) < 4.78 is 30.3. The van der Waals surface area contributed by atoms with Crippen LogP contribution in [0.4, 0.5) is 5.69 Å². The molecule has 0 saturated carbocycles. The smallest absolute Gasteiger partial charge is 0.242 e. The van der Waals surface area contributed by atoms with Crippen molar-refractivity contribution in [1.82, 2.24) is 0 Å². The molecule has 1 aromatic rings. The lowest BCUT2D eigenvalue weighted by Crippen LogP contribution is -2.16. The molecule has 1 aromatic carbocycles. The standard InChI is InChI=1S/C10H13BrN2O4S/c11-7-18(15,16)13-8-3-1-2-4-9(8)17-6-5-10(12)14/h1-4,13H,5-7H2,(H2,12,14). The van der Waals surface area contributed by atoms with Crippen molar-refractivity contribution in [2.24, 2.45) is 5.73 Å². The molecule has 0 aliphatic rings. The number of rotatable bonds is 7. The van der Waals surface area contributed by atoms with E-state index in [4.69, 9.17) is 10.5 Å². The first-order valence-corrected chi connectivity index (χ1v) is 7.78. The molecule has 0 spiro atoms. The minimum atomic E-state index is -3.44. The lowest BCUT2D eigenvalue weighted by atomic mass is 10.3. The Labute approximate surface area is 114 Å². The van der Waals surface area contributed by atoms with Gasteiger partial charge in [-0.25, -0.2) is 8.42 Å². The van der Waals surface area contributed by atoms with Crippen LogP contribution in [0.15, 0.2) is 24.3 Å². The Morgan fingerprint density at radius 2 is 2.06 bits per heavy atom. The Balaban J connectivity index is 2.76. The highest BCUT2D eigenvalue weighted by atomic mass is 79.9. The highest BCUT2D eigenvalue weighted by molar-refractivity contribution is 9.10. The summed E-state index contributed by atoms with van der Waals surface area (Å²) in [7, 11) is -3.44. The van der Waals surface area contributed by atoms with E-state index in [1.165, 1.54) is 0 Å². The fraction of sp³-hybridized carbons (Fsp3) is 0.300. The van der Waals surface area contributed by atoms with Crippen LogP contribution in [0.5, 0.6) is 5.75 Å². The molecule has 0 atom stereocenters. The van der Waals surface area contributed by atoms with Gasteiger partial charge < -0.3 is 10.5 Å². The maximum absolute atomic E-state index is 11.4. The summed E-state index contributed by atoms with van der Waals surface area (Å²) in [5.74, 6) is -0.128. The first kappa shape index (κ1) is 14.8. The van der Waals surface area contributed by atoms with Crippen molar-refractivity contribution in [3.8, 4) is 5.75 Å². The highest BCUT2D eigenvalue weighted by Gasteiger charge is 2.11. The Kier molecular flexibility index (Phi) is 5.42. The predicted molar refractivity (Wildman–Crippen MR) is 72.1 cm³/mol. The molecule has 0 saturated heterocycles. The third kappa shape index (κ3) is 4.92. The molecule has 1 amide bonds. The molecular weight excluding hydrogens is 324 g/mol. The van der Waals surface area contributed by atoms with Crippen LogP contribution in [0.1, 0.15) is 6.42 Å². The number of anilines is 1. The monoisotopic (exact) mass is 336 g/mol. The minimum Gasteiger partial charge on any atom is -0.491 e. The van der Waals surface area contributed by atoms with Crippen molar-refractivity contribution < 1.29 is 17.9 Å². The van der Waals surface area contributed by atoms with Gasteiger partial charge in [-0.2, -0.15) is 0 Å². The second kappa shape index (κ2) is 6.60. The topological polar surface area (TPSA) is 98.5 Å². The molecule has 0 aromatic heterocycles. The molecule has 0 heterocycles. The molecule has 0 bridgehead atoms. The highest BCUT2D eigenvalue weighted by Crippen LogP contribution is 2.25. The number of carbonyl (C=O) groups is 1.